The van der Waals surface area contributed by atoms with Gasteiger partial charge < -0.3 is 24.5 Å². The molecule has 0 saturated carbocycles. The number of rotatable bonds is 4. The Bertz CT molecular complexity index is 551. The Morgan fingerprint density at radius 1 is 1.07 bits per heavy atom. The number of carboxylic acid groups (broad SMARTS) is 1. The summed E-state index contributed by atoms with van der Waals surface area (Å²) in [5.41, 5.74) is 0. The summed E-state index contributed by atoms with van der Waals surface area (Å²) in [5.74, 6) is -1.80. The normalized spacial score (nSPS) is 20.5. The summed E-state index contributed by atoms with van der Waals surface area (Å²) in [4.78, 5) is 38.8. The molecule has 2 heterocycles. The van der Waals surface area contributed by atoms with Crippen molar-refractivity contribution >= 4 is 18.0 Å². The van der Waals surface area contributed by atoms with Crippen LogP contribution in [0.1, 0.15) is 33.1 Å². The molecule has 2 amide bonds. The van der Waals surface area contributed by atoms with Crippen molar-refractivity contribution in [1.82, 2.24) is 14.7 Å². The van der Waals surface area contributed by atoms with Crippen LogP contribution < -0.4 is 0 Å². The SMILES string of the molecule is CCOC(=O)N1CCN(C(=O)CCN2CCCC(C)C2)CC1.O=C(O)C(F)(F)F. The summed E-state index contributed by atoms with van der Waals surface area (Å²) in [5, 5.41) is 7.12. The number of alkyl halides is 3. The van der Waals surface area contributed by atoms with Crippen LogP contribution in [0.25, 0.3) is 0 Å². The fourth-order valence-corrected chi connectivity index (χ4v) is 3.25. The van der Waals surface area contributed by atoms with Gasteiger partial charge in [-0.15, -0.1) is 0 Å². The molecule has 2 aliphatic heterocycles. The summed E-state index contributed by atoms with van der Waals surface area (Å²) >= 11 is 0. The first-order valence-corrected chi connectivity index (χ1v) is 9.76. The number of aliphatic carboxylic acids is 1. The van der Waals surface area contributed by atoms with Crippen molar-refractivity contribution in [3.8, 4) is 0 Å². The van der Waals surface area contributed by atoms with Crippen molar-refractivity contribution in [2.45, 2.75) is 39.3 Å². The molecule has 0 radical (unpaired) electrons. The molecule has 0 aromatic carbocycles. The van der Waals surface area contributed by atoms with Crippen LogP contribution >= 0.6 is 0 Å². The molecule has 0 aromatic heterocycles. The van der Waals surface area contributed by atoms with Crippen LogP contribution in [0.3, 0.4) is 0 Å². The first-order chi connectivity index (χ1) is 13.5. The minimum absolute atomic E-state index is 0.210. The van der Waals surface area contributed by atoms with Gasteiger partial charge >= 0.3 is 18.2 Å². The predicted molar refractivity (Wildman–Crippen MR) is 98.3 cm³/mol. The van der Waals surface area contributed by atoms with Crippen LogP contribution in [0.5, 0.6) is 0 Å². The zero-order valence-electron chi connectivity index (χ0n) is 16.9. The van der Waals surface area contributed by atoms with Gasteiger partial charge in [-0.25, -0.2) is 9.59 Å². The Labute approximate surface area is 168 Å². The topological polar surface area (TPSA) is 90.4 Å². The number of carboxylic acids is 1. The largest absolute Gasteiger partial charge is 0.490 e. The zero-order valence-corrected chi connectivity index (χ0v) is 16.9. The zero-order chi connectivity index (χ0) is 22.0. The number of halogens is 3. The number of nitrogens with zero attached hydrogens (tertiary/aromatic N) is 3. The van der Waals surface area contributed by atoms with Crippen LogP contribution in [0, 0.1) is 5.92 Å². The number of hydrogen-bond donors (Lipinski definition) is 1. The third-order valence-corrected chi connectivity index (χ3v) is 4.78. The average molecular weight is 425 g/mol. The van der Waals surface area contributed by atoms with Gasteiger partial charge in [0, 0.05) is 45.7 Å². The maximum absolute atomic E-state index is 12.3. The quantitative estimate of drug-likeness (QED) is 0.742. The fourth-order valence-electron chi connectivity index (χ4n) is 3.25. The second kappa shape index (κ2) is 11.8. The van der Waals surface area contributed by atoms with Gasteiger partial charge in [-0.1, -0.05) is 6.92 Å². The molecule has 0 bridgehead atoms. The number of likely N-dealkylation sites (tertiary alicyclic amines) is 1. The molecule has 1 unspecified atom stereocenters. The number of amides is 2. The molecule has 0 spiro atoms. The van der Waals surface area contributed by atoms with Crippen molar-refractivity contribution in [3.05, 3.63) is 0 Å². The maximum Gasteiger partial charge on any atom is 0.490 e. The molecular weight excluding hydrogens is 395 g/mol. The molecule has 2 fully saturated rings. The van der Waals surface area contributed by atoms with Crippen LogP contribution in [0.15, 0.2) is 0 Å². The van der Waals surface area contributed by atoms with Crippen LogP contribution in [-0.4, -0.2) is 96.4 Å². The van der Waals surface area contributed by atoms with Gasteiger partial charge in [0.05, 0.1) is 6.61 Å². The van der Waals surface area contributed by atoms with E-state index in [2.05, 4.69) is 11.8 Å². The van der Waals surface area contributed by atoms with Gasteiger partial charge in [-0.3, -0.25) is 4.79 Å². The number of ether oxygens (including phenoxy) is 1. The van der Waals surface area contributed by atoms with E-state index in [1.165, 1.54) is 12.8 Å². The molecule has 168 valence electrons. The van der Waals surface area contributed by atoms with E-state index in [0.29, 0.717) is 39.2 Å². The van der Waals surface area contributed by atoms with Gasteiger partial charge in [-0.2, -0.15) is 13.2 Å². The van der Waals surface area contributed by atoms with Gasteiger partial charge in [0.2, 0.25) is 5.91 Å². The highest BCUT2D eigenvalue weighted by atomic mass is 19.4. The minimum Gasteiger partial charge on any atom is -0.475 e. The highest BCUT2D eigenvalue weighted by molar-refractivity contribution is 5.77. The number of carbonyl (C=O) groups excluding carboxylic acids is 2. The molecular formula is C18H30F3N3O5. The molecule has 0 aliphatic carbocycles. The number of carbonyl (C=O) groups is 3. The second-order valence-electron chi connectivity index (χ2n) is 7.17. The highest BCUT2D eigenvalue weighted by Crippen LogP contribution is 2.16. The van der Waals surface area contributed by atoms with E-state index >= 15 is 0 Å². The Morgan fingerprint density at radius 3 is 2.10 bits per heavy atom. The van der Waals surface area contributed by atoms with Crippen LogP contribution in [0.2, 0.25) is 0 Å². The van der Waals surface area contributed by atoms with E-state index in [4.69, 9.17) is 14.6 Å². The summed E-state index contributed by atoms with van der Waals surface area (Å²) in [6.45, 7) is 9.96. The molecule has 8 nitrogen and oxygen atoms in total. The average Bonchev–Trinajstić information content (AvgIpc) is 2.66. The van der Waals surface area contributed by atoms with E-state index in [0.717, 1.165) is 25.6 Å². The lowest BCUT2D eigenvalue weighted by Crippen LogP contribution is -2.51. The first kappa shape index (κ1) is 25.0. The van der Waals surface area contributed by atoms with Crippen molar-refractivity contribution < 1.29 is 37.4 Å². The Kier molecular flexibility index (Phi) is 10.2. The van der Waals surface area contributed by atoms with Crippen LogP contribution in [-0.2, 0) is 14.3 Å². The van der Waals surface area contributed by atoms with Gasteiger partial charge in [0.25, 0.3) is 0 Å². The van der Waals surface area contributed by atoms with Gasteiger partial charge in [-0.05, 0) is 32.2 Å². The summed E-state index contributed by atoms with van der Waals surface area (Å²) in [6, 6.07) is 0. The number of piperazine rings is 1. The third-order valence-electron chi connectivity index (χ3n) is 4.78. The number of hydrogen-bond acceptors (Lipinski definition) is 5. The summed E-state index contributed by atoms with van der Waals surface area (Å²) in [6.07, 6.45) is -2.21. The van der Waals surface area contributed by atoms with Crippen molar-refractivity contribution in [3.63, 3.8) is 0 Å². The smallest absolute Gasteiger partial charge is 0.475 e. The summed E-state index contributed by atoms with van der Waals surface area (Å²) in [7, 11) is 0. The third kappa shape index (κ3) is 9.33. The maximum atomic E-state index is 12.3. The van der Waals surface area contributed by atoms with E-state index in [1.54, 1.807) is 11.8 Å². The van der Waals surface area contributed by atoms with Crippen LogP contribution in [0.4, 0.5) is 18.0 Å². The molecule has 2 aliphatic rings. The molecule has 29 heavy (non-hydrogen) atoms. The second-order valence-corrected chi connectivity index (χ2v) is 7.17. The molecule has 1 N–H and O–H groups in total. The lowest BCUT2D eigenvalue weighted by atomic mass is 10.0. The monoisotopic (exact) mass is 425 g/mol. The Morgan fingerprint density at radius 2 is 1.62 bits per heavy atom. The first-order valence-electron chi connectivity index (χ1n) is 9.76. The molecule has 1 atom stereocenters. The molecule has 2 rings (SSSR count). The van der Waals surface area contributed by atoms with E-state index < -0.39 is 12.1 Å². The van der Waals surface area contributed by atoms with Gasteiger partial charge in [0.15, 0.2) is 0 Å². The van der Waals surface area contributed by atoms with Crippen molar-refractivity contribution in [1.29, 1.82) is 0 Å². The minimum atomic E-state index is -5.08. The lowest BCUT2D eigenvalue weighted by Gasteiger charge is -2.35. The Balaban J connectivity index is 0.000000516. The molecule has 11 heteroatoms. The fraction of sp³-hybridized carbons (Fsp3) is 0.833. The molecule has 0 aromatic rings. The molecule has 2 saturated heterocycles. The van der Waals surface area contributed by atoms with Gasteiger partial charge in [0.1, 0.15) is 0 Å². The predicted octanol–water partition coefficient (Wildman–Crippen LogP) is 2.04. The number of piperidine rings is 1. The van der Waals surface area contributed by atoms with E-state index in [9.17, 15) is 22.8 Å². The Hall–Kier alpha value is -2.04. The summed E-state index contributed by atoms with van der Waals surface area (Å²) < 4.78 is 36.7. The van der Waals surface area contributed by atoms with E-state index in [-0.39, 0.29) is 12.0 Å². The standard InChI is InChI=1S/C16H29N3O3.C2HF3O2/c1-3-22-16(21)19-11-9-18(10-12-19)15(20)6-8-17-7-4-5-14(2)13-17;3-2(4,5)1(6)7/h14H,3-13H2,1-2H3;(H,6,7). The van der Waals surface area contributed by atoms with Crippen molar-refractivity contribution in [2.75, 3.05) is 52.4 Å². The van der Waals surface area contributed by atoms with Crippen molar-refractivity contribution in [2.24, 2.45) is 5.92 Å². The lowest BCUT2D eigenvalue weighted by molar-refractivity contribution is -0.192. The van der Waals surface area contributed by atoms with E-state index in [1.807, 2.05) is 4.90 Å². The highest BCUT2D eigenvalue weighted by Gasteiger charge is 2.38.